The highest BCUT2D eigenvalue weighted by atomic mass is 35.5. The Morgan fingerprint density at radius 2 is 2.00 bits per heavy atom. The minimum absolute atomic E-state index is 0.240. The zero-order valence-corrected chi connectivity index (χ0v) is 17.8. The topological polar surface area (TPSA) is 98.5 Å². The van der Waals surface area contributed by atoms with Gasteiger partial charge in [-0.05, 0) is 61.6 Å². The summed E-state index contributed by atoms with van der Waals surface area (Å²) in [5, 5.41) is 10.5. The van der Waals surface area contributed by atoms with Crippen LogP contribution in [0, 0.1) is 0 Å². The molecule has 0 aliphatic heterocycles. The van der Waals surface area contributed by atoms with Gasteiger partial charge in [0.2, 0.25) is 11.7 Å². The largest absolute Gasteiger partial charge is 0.497 e. The zero-order valence-electron chi connectivity index (χ0n) is 16.3. The van der Waals surface area contributed by atoms with Gasteiger partial charge in [-0.2, -0.15) is 4.98 Å². The molecule has 2 N–H and O–H groups in total. The third kappa shape index (κ3) is 5.46. The lowest BCUT2D eigenvalue weighted by atomic mass is 10.2. The van der Waals surface area contributed by atoms with Crippen molar-refractivity contribution in [2.75, 3.05) is 19.0 Å². The van der Waals surface area contributed by atoms with Crippen LogP contribution in [-0.2, 0) is 11.3 Å². The molecule has 0 bridgehead atoms. The van der Waals surface area contributed by atoms with Gasteiger partial charge in [0.1, 0.15) is 5.75 Å². The third-order valence-corrected chi connectivity index (χ3v) is 4.50. The Bertz CT molecular complexity index is 1040. The van der Waals surface area contributed by atoms with Crippen LogP contribution >= 0.6 is 23.8 Å². The summed E-state index contributed by atoms with van der Waals surface area (Å²) in [4.78, 5) is 16.1. The highest BCUT2D eigenvalue weighted by Crippen LogP contribution is 2.22. The van der Waals surface area contributed by atoms with Crippen molar-refractivity contribution in [3.8, 4) is 17.1 Å². The van der Waals surface area contributed by atoms with Crippen molar-refractivity contribution in [1.82, 2.24) is 15.5 Å². The molecular formula is C20H19ClN4O4S. The summed E-state index contributed by atoms with van der Waals surface area (Å²) in [5.74, 6) is 1.12. The lowest BCUT2D eigenvalue weighted by Crippen LogP contribution is -2.28. The van der Waals surface area contributed by atoms with Crippen molar-refractivity contribution in [2.45, 2.75) is 13.5 Å². The van der Waals surface area contributed by atoms with Gasteiger partial charge in [-0.25, -0.2) is 4.79 Å². The molecule has 10 heteroatoms. The maximum atomic E-state index is 11.8. The molecule has 0 fully saturated rings. The average Bonchev–Trinajstić information content (AvgIpc) is 3.21. The summed E-state index contributed by atoms with van der Waals surface area (Å²) >= 11 is 11.4. The van der Waals surface area contributed by atoms with E-state index < -0.39 is 5.97 Å². The number of anilines is 1. The predicted molar refractivity (Wildman–Crippen MR) is 117 cm³/mol. The van der Waals surface area contributed by atoms with Gasteiger partial charge in [0.25, 0.3) is 0 Å². The van der Waals surface area contributed by atoms with Gasteiger partial charge in [0.15, 0.2) is 5.11 Å². The predicted octanol–water partition coefficient (Wildman–Crippen LogP) is 4.06. The number of ether oxygens (including phenoxy) is 2. The van der Waals surface area contributed by atoms with Crippen LogP contribution in [0.5, 0.6) is 5.75 Å². The molecule has 0 aliphatic carbocycles. The van der Waals surface area contributed by atoms with Crippen LogP contribution in [0.2, 0.25) is 5.02 Å². The molecule has 0 amide bonds. The monoisotopic (exact) mass is 446 g/mol. The van der Waals surface area contributed by atoms with E-state index in [9.17, 15) is 4.79 Å². The number of benzene rings is 2. The minimum Gasteiger partial charge on any atom is -0.497 e. The SMILES string of the molecule is CCOC(=O)c1ccc(NC(=S)NCc2nc(-c3ccc(OC)cc3)no2)cc1Cl. The summed E-state index contributed by atoms with van der Waals surface area (Å²) in [5.41, 5.74) is 1.72. The van der Waals surface area contributed by atoms with Crippen LogP contribution in [0.15, 0.2) is 47.0 Å². The van der Waals surface area contributed by atoms with E-state index in [1.54, 1.807) is 32.2 Å². The molecule has 0 saturated carbocycles. The van der Waals surface area contributed by atoms with E-state index in [-0.39, 0.29) is 18.2 Å². The number of halogens is 1. The average molecular weight is 447 g/mol. The number of esters is 1. The van der Waals surface area contributed by atoms with Gasteiger partial charge < -0.3 is 24.6 Å². The molecule has 3 aromatic rings. The van der Waals surface area contributed by atoms with Crippen LogP contribution < -0.4 is 15.4 Å². The standard InChI is InChI=1S/C20H19ClN4O4S/c1-3-28-19(26)15-9-6-13(10-16(15)21)23-20(30)22-11-17-24-18(25-29-17)12-4-7-14(27-2)8-5-12/h4-10H,3,11H2,1-2H3,(H2,22,23,30). The van der Waals surface area contributed by atoms with E-state index in [0.717, 1.165) is 11.3 Å². The van der Waals surface area contributed by atoms with Gasteiger partial charge in [0, 0.05) is 11.3 Å². The Labute approximate surface area is 183 Å². The van der Waals surface area contributed by atoms with Crippen LogP contribution in [0.4, 0.5) is 5.69 Å². The second kappa shape index (κ2) is 10.0. The first-order chi connectivity index (χ1) is 14.5. The lowest BCUT2D eigenvalue weighted by Gasteiger charge is -2.10. The summed E-state index contributed by atoms with van der Waals surface area (Å²) in [6.45, 7) is 2.25. The Morgan fingerprint density at radius 1 is 1.23 bits per heavy atom. The number of aromatic nitrogens is 2. The van der Waals surface area contributed by atoms with Gasteiger partial charge >= 0.3 is 5.97 Å². The Kier molecular flexibility index (Phi) is 7.21. The zero-order chi connectivity index (χ0) is 21.5. The van der Waals surface area contributed by atoms with E-state index in [0.29, 0.717) is 28.1 Å². The molecule has 0 unspecified atom stereocenters. The van der Waals surface area contributed by atoms with Gasteiger partial charge in [-0.15, -0.1) is 0 Å². The summed E-state index contributed by atoms with van der Waals surface area (Å²) in [7, 11) is 1.60. The second-order valence-corrected chi connectivity index (χ2v) is 6.78. The molecular weight excluding hydrogens is 428 g/mol. The Balaban J connectivity index is 1.55. The minimum atomic E-state index is -0.473. The molecule has 8 nitrogen and oxygen atoms in total. The fraction of sp³-hybridized carbons (Fsp3) is 0.200. The molecule has 0 saturated heterocycles. The maximum absolute atomic E-state index is 11.8. The molecule has 0 atom stereocenters. The third-order valence-electron chi connectivity index (χ3n) is 3.94. The van der Waals surface area contributed by atoms with E-state index >= 15 is 0 Å². The number of hydrogen-bond donors (Lipinski definition) is 2. The quantitative estimate of drug-likeness (QED) is 0.411. The normalized spacial score (nSPS) is 10.4. The van der Waals surface area contributed by atoms with Crippen LogP contribution in [0.3, 0.4) is 0 Å². The van der Waals surface area contributed by atoms with Crippen LogP contribution in [-0.4, -0.2) is 34.9 Å². The van der Waals surface area contributed by atoms with Gasteiger partial charge in [-0.3, -0.25) is 0 Å². The Morgan fingerprint density at radius 3 is 2.67 bits per heavy atom. The van der Waals surface area contributed by atoms with E-state index in [1.165, 1.54) is 0 Å². The maximum Gasteiger partial charge on any atom is 0.339 e. The number of rotatable bonds is 7. The number of thiocarbonyl (C=S) groups is 1. The van der Waals surface area contributed by atoms with Crippen molar-refractivity contribution < 1.29 is 18.8 Å². The number of methoxy groups -OCH3 is 1. The second-order valence-electron chi connectivity index (χ2n) is 5.96. The fourth-order valence-electron chi connectivity index (χ4n) is 2.48. The highest BCUT2D eigenvalue weighted by molar-refractivity contribution is 7.80. The molecule has 0 spiro atoms. The molecule has 0 radical (unpaired) electrons. The van der Waals surface area contributed by atoms with Crippen LogP contribution in [0.1, 0.15) is 23.2 Å². The van der Waals surface area contributed by atoms with Gasteiger partial charge in [-0.1, -0.05) is 16.8 Å². The molecule has 1 heterocycles. The van der Waals surface area contributed by atoms with Crippen molar-refractivity contribution in [3.05, 3.63) is 58.9 Å². The molecule has 1 aromatic heterocycles. The Hall–Kier alpha value is -3.17. The number of carbonyl (C=O) groups is 1. The van der Waals surface area contributed by atoms with Gasteiger partial charge in [0.05, 0.1) is 30.8 Å². The molecule has 0 aliphatic rings. The van der Waals surface area contributed by atoms with E-state index in [1.807, 2.05) is 24.3 Å². The fourth-order valence-corrected chi connectivity index (χ4v) is 2.93. The summed E-state index contributed by atoms with van der Waals surface area (Å²) in [6, 6.07) is 12.2. The van der Waals surface area contributed by atoms with E-state index in [2.05, 4.69) is 20.8 Å². The molecule has 156 valence electrons. The first kappa shape index (κ1) is 21.5. The highest BCUT2D eigenvalue weighted by Gasteiger charge is 2.13. The smallest absolute Gasteiger partial charge is 0.339 e. The first-order valence-corrected chi connectivity index (χ1v) is 9.77. The van der Waals surface area contributed by atoms with Crippen molar-refractivity contribution in [1.29, 1.82) is 0 Å². The summed E-state index contributed by atoms with van der Waals surface area (Å²) < 4.78 is 15.3. The van der Waals surface area contributed by atoms with Crippen molar-refractivity contribution >= 4 is 40.6 Å². The number of nitrogens with one attached hydrogen (secondary N) is 2. The number of hydrogen-bond acceptors (Lipinski definition) is 7. The molecule has 2 aromatic carbocycles. The summed E-state index contributed by atoms with van der Waals surface area (Å²) in [6.07, 6.45) is 0. The number of carbonyl (C=O) groups excluding carboxylic acids is 1. The number of nitrogens with zero attached hydrogens (tertiary/aromatic N) is 2. The van der Waals surface area contributed by atoms with Crippen molar-refractivity contribution in [2.24, 2.45) is 0 Å². The van der Waals surface area contributed by atoms with E-state index in [4.69, 9.17) is 37.8 Å². The molecule has 3 rings (SSSR count). The van der Waals surface area contributed by atoms with Crippen LogP contribution in [0.25, 0.3) is 11.4 Å². The molecule has 30 heavy (non-hydrogen) atoms. The first-order valence-electron chi connectivity index (χ1n) is 8.98. The van der Waals surface area contributed by atoms with Crippen molar-refractivity contribution in [3.63, 3.8) is 0 Å². The lowest BCUT2D eigenvalue weighted by molar-refractivity contribution is 0.0526.